The van der Waals surface area contributed by atoms with Crippen molar-refractivity contribution < 1.29 is 4.79 Å². The highest BCUT2D eigenvalue weighted by Crippen LogP contribution is 2.14. The van der Waals surface area contributed by atoms with Gasteiger partial charge in [-0.1, -0.05) is 18.2 Å². The minimum absolute atomic E-state index is 0.0160. The predicted molar refractivity (Wildman–Crippen MR) is 76.7 cm³/mol. The van der Waals surface area contributed by atoms with Gasteiger partial charge in [-0.15, -0.1) is 0 Å². The number of carbonyl (C=O) groups is 1. The summed E-state index contributed by atoms with van der Waals surface area (Å²) in [6.45, 7) is 1.42. The quantitative estimate of drug-likeness (QED) is 0.898. The summed E-state index contributed by atoms with van der Waals surface area (Å²) >= 11 is 0. The number of likely N-dealkylation sites (tertiary alicyclic amines) is 1. The SMILES string of the molecule is NC1CCCN(C(=O)c2cnn(-c3ccccc3)c2)C1. The van der Waals surface area contributed by atoms with E-state index in [9.17, 15) is 4.79 Å². The number of aromatic nitrogens is 2. The van der Waals surface area contributed by atoms with Crippen molar-refractivity contribution in [3.05, 3.63) is 48.3 Å². The number of amides is 1. The molecule has 104 valence electrons. The molecular weight excluding hydrogens is 252 g/mol. The normalized spacial score (nSPS) is 19.1. The number of piperidine rings is 1. The number of rotatable bonds is 2. The summed E-state index contributed by atoms with van der Waals surface area (Å²) in [4.78, 5) is 14.2. The summed E-state index contributed by atoms with van der Waals surface area (Å²) in [7, 11) is 0. The van der Waals surface area contributed by atoms with E-state index in [4.69, 9.17) is 5.73 Å². The van der Waals surface area contributed by atoms with Gasteiger partial charge in [-0.05, 0) is 25.0 Å². The standard InChI is InChI=1S/C15H18N4O/c16-13-5-4-8-18(11-13)15(20)12-9-17-19(10-12)14-6-2-1-3-7-14/h1-3,6-7,9-10,13H,4-5,8,11,16H2. The first-order chi connectivity index (χ1) is 9.74. The van der Waals surface area contributed by atoms with E-state index in [-0.39, 0.29) is 11.9 Å². The Morgan fingerprint density at radius 1 is 1.30 bits per heavy atom. The number of nitrogens with zero attached hydrogens (tertiary/aromatic N) is 3. The molecule has 1 fully saturated rings. The minimum Gasteiger partial charge on any atom is -0.337 e. The van der Waals surface area contributed by atoms with Gasteiger partial charge in [0.25, 0.3) is 5.91 Å². The number of hydrogen-bond acceptors (Lipinski definition) is 3. The average Bonchev–Trinajstić information content (AvgIpc) is 2.97. The maximum Gasteiger partial charge on any atom is 0.257 e. The molecule has 1 aliphatic rings. The van der Waals surface area contributed by atoms with Gasteiger partial charge in [0.2, 0.25) is 0 Å². The minimum atomic E-state index is 0.0160. The molecule has 0 radical (unpaired) electrons. The molecule has 20 heavy (non-hydrogen) atoms. The van der Waals surface area contributed by atoms with E-state index in [1.807, 2.05) is 35.2 Å². The predicted octanol–water partition coefficient (Wildman–Crippen LogP) is 1.44. The Morgan fingerprint density at radius 3 is 2.85 bits per heavy atom. The first-order valence-electron chi connectivity index (χ1n) is 6.89. The first-order valence-corrected chi connectivity index (χ1v) is 6.89. The lowest BCUT2D eigenvalue weighted by Gasteiger charge is -2.30. The van der Waals surface area contributed by atoms with E-state index in [1.165, 1.54) is 0 Å². The van der Waals surface area contributed by atoms with Crippen LogP contribution in [0, 0.1) is 0 Å². The fourth-order valence-electron chi connectivity index (χ4n) is 2.53. The van der Waals surface area contributed by atoms with E-state index in [1.54, 1.807) is 17.1 Å². The van der Waals surface area contributed by atoms with Crippen LogP contribution >= 0.6 is 0 Å². The maximum atomic E-state index is 12.4. The van der Waals surface area contributed by atoms with Crippen LogP contribution in [0.15, 0.2) is 42.7 Å². The third-order valence-electron chi connectivity index (χ3n) is 3.60. The molecule has 1 unspecified atom stereocenters. The Labute approximate surface area is 118 Å². The topological polar surface area (TPSA) is 64.2 Å². The fraction of sp³-hybridized carbons (Fsp3) is 0.333. The zero-order valence-corrected chi connectivity index (χ0v) is 11.3. The largest absolute Gasteiger partial charge is 0.337 e. The lowest BCUT2D eigenvalue weighted by molar-refractivity contribution is 0.0709. The van der Waals surface area contributed by atoms with Crippen molar-refractivity contribution in [3.63, 3.8) is 0 Å². The molecular formula is C15H18N4O. The fourth-order valence-corrected chi connectivity index (χ4v) is 2.53. The molecule has 0 aliphatic carbocycles. The smallest absolute Gasteiger partial charge is 0.257 e. The second-order valence-corrected chi connectivity index (χ2v) is 5.16. The molecule has 1 aliphatic heterocycles. The van der Waals surface area contributed by atoms with Crippen LogP contribution < -0.4 is 5.73 Å². The highest BCUT2D eigenvalue weighted by atomic mass is 16.2. The van der Waals surface area contributed by atoms with E-state index < -0.39 is 0 Å². The Hall–Kier alpha value is -2.14. The molecule has 2 heterocycles. The van der Waals surface area contributed by atoms with Gasteiger partial charge < -0.3 is 10.6 Å². The highest BCUT2D eigenvalue weighted by Gasteiger charge is 2.23. The van der Waals surface area contributed by atoms with Crippen LogP contribution in [0.2, 0.25) is 0 Å². The molecule has 1 atom stereocenters. The summed E-state index contributed by atoms with van der Waals surface area (Å²) in [5, 5.41) is 4.26. The van der Waals surface area contributed by atoms with Gasteiger partial charge in [0.05, 0.1) is 17.4 Å². The Kier molecular flexibility index (Phi) is 3.52. The third kappa shape index (κ3) is 2.58. The van der Waals surface area contributed by atoms with Crippen LogP contribution in [0.5, 0.6) is 0 Å². The molecule has 2 aromatic rings. The summed E-state index contributed by atoms with van der Waals surface area (Å²) in [5.41, 5.74) is 7.48. The van der Waals surface area contributed by atoms with Gasteiger partial charge in [0, 0.05) is 25.3 Å². The van der Waals surface area contributed by atoms with Crippen LogP contribution in [0.1, 0.15) is 23.2 Å². The first kappa shape index (κ1) is 12.9. The second-order valence-electron chi connectivity index (χ2n) is 5.16. The Bertz CT molecular complexity index is 593. The maximum absolute atomic E-state index is 12.4. The molecule has 5 nitrogen and oxygen atoms in total. The Morgan fingerprint density at radius 2 is 2.10 bits per heavy atom. The molecule has 3 rings (SSSR count). The van der Waals surface area contributed by atoms with Crippen LogP contribution in [0.3, 0.4) is 0 Å². The van der Waals surface area contributed by atoms with Crippen molar-refractivity contribution in [3.8, 4) is 5.69 Å². The number of nitrogens with two attached hydrogens (primary N) is 1. The molecule has 1 amide bonds. The van der Waals surface area contributed by atoms with E-state index in [0.29, 0.717) is 12.1 Å². The lowest BCUT2D eigenvalue weighted by Crippen LogP contribution is -2.45. The molecule has 0 spiro atoms. The number of benzene rings is 1. The van der Waals surface area contributed by atoms with Crippen LogP contribution in [0.25, 0.3) is 5.69 Å². The molecule has 0 bridgehead atoms. The van der Waals surface area contributed by atoms with Gasteiger partial charge in [-0.2, -0.15) is 5.10 Å². The average molecular weight is 270 g/mol. The van der Waals surface area contributed by atoms with Crippen molar-refractivity contribution in [2.75, 3.05) is 13.1 Å². The summed E-state index contributed by atoms with van der Waals surface area (Å²) < 4.78 is 1.72. The van der Waals surface area contributed by atoms with Crippen LogP contribution in [0.4, 0.5) is 0 Å². The van der Waals surface area contributed by atoms with Crippen molar-refractivity contribution in [2.45, 2.75) is 18.9 Å². The number of para-hydroxylation sites is 1. The molecule has 0 saturated carbocycles. The molecule has 2 N–H and O–H groups in total. The molecule has 1 saturated heterocycles. The molecule has 1 aromatic heterocycles. The van der Waals surface area contributed by atoms with Crippen molar-refractivity contribution in [2.24, 2.45) is 5.73 Å². The Balaban J connectivity index is 1.78. The number of carbonyl (C=O) groups excluding carboxylic acids is 1. The van der Waals surface area contributed by atoms with Gasteiger partial charge in [-0.25, -0.2) is 4.68 Å². The molecule has 5 heteroatoms. The zero-order chi connectivity index (χ0) is 13.9. The van der Waals surface area contributed by atoms with E-state index >= 15 is 0 Å². The van der Waals surface area contributed by atoms with Crippen LogP contribution in [-0.2, 0) is 0 Å². The monoisotopic (exact) mass is 270 g/mol. The summed E-state index contributed by atoms with van der Waals surface area (Å²) in [5.74, 6) is 0.0160. The number of hydrogen-bond donors (Lipinski definition) is 1. The second kappa shape index (κ2) is 5.46. The van der Waals surface area contributed by atoms with E-state index in [0.717, 1.165) is 25.1 Å². The zero-order valence-electron chi connectivity index (χ0n) is 11.3. The van der Waals surface area contributed by atoms with Gasteiger partial charge in [0.1, 0.15) is 0 Å². The van der Waals surface area contributed by atoms with Gasteiger partial charge in [0.15, 0.2) is 0 Å². The van der Waals surface area contributed by atoms with Crippen molar-refractivity contribution >= 4 is 5.91 Å². The van der Waals surface area contributed by atoms with Crippen molar-refractivity contribution in [1.82, 2.24) is 14.7 Å². The third-order valence-corrected chi connectivity index (χ3v) is 3.60. The van der Waals surface area contributed by atoms with E-state index in [2.05, 4.69) is 5.10 Å². The summed E-state index contributed by atoms with van der Waals surface area (Å²) in [6.07, 6.45) is 5.36. The summed E-state index contributed by atoms with van der Waals surface area (Å²) in [6, 6.07) is 9.85. The highest BCUT2D eigenvalue weighted by molar-refractivity contribution is 5.93. The van der Waals surface area contributed by atoms with Crippen LogP contribution in [-0.4, -0.2) is 39.7 Å². The van der Waals surface area contributed by atoms with Gasteiger partial charge in [-0.3, -0.25) is 4.79 Å². The lowest BCUT2D eigenvalue weighted by atomic mass is 10.1. The van der Waals surface area contributed by atoms with Gasteiger partial charge >= 0.3 is 0 Å². The van der Waals surface area contributed by atoms with Crippen molar-refractivity contribution in [1.29, 1.82) is 0 Å². The molecule has 1 aromatic carbocycles.